The number of ether oxygens (including phenoxy) is 1. The number of carbonyl (C=O) groups is 2. The molecular weight excluding hydrogens is 432 g/mol. The second kappa shape index (κ2) is 13.3. The molecule has 0 aliphatic heterocycles. The van der Waals surface area contributed by atoms with Gasteiger partial charge in [-0.05, 0) is 56.9 Å². The molecule has 0 unspecified atom stereocenters. The minimum Gasteiger partial charge on any atom is -0.497 e. The highest BCUT2D eigenvalue weighted by Gasteiger charge is 2.29. The second-order valence-corrected chi connectivity index (χ2v) is 9.59. The lowest BCUT2D eigenvalue weighted by Crippen LogP contribution is -2.51. The number of benzene rings is 2. The number of thioether (sulfide) groups is 1. The maximum atomic E-state index is 13.4. The Hall–Kier alpha value is -2.47. The quantitative estimate of drug-likeness (QED) is 0.459. The van der Waals surface area contributed by atoms with Crippen molar-refractivity contribution in [1.29, 1.82) is 0 Å². The molecule has 0 aliphatic carbocycles. The van der Waals surface area contributed by atoms with E-state index in [1.807, 2.05) is 45.0 Å². The highest BCUT2D eigenvalue weighted by Crippen LogP contribution is 2.20. The van der Waals surface area contributed by atoms with Crippen LogP contribution in [0.1, 0.15) is 55.9 Å². The van der Waals surface area contributed by atoms with Crippen LogP contribution in [0.15, 0.2) is 42.5 Å². The normalized spacial score (nSPS) is 12.7. The zero-order chi connectivity index (χ0) is 24.4. The van der Waals surface area contributed by atoms with Crippen LogP contribution in [0.2, 0.25) is 0 Å². The molecule has 0 saturated heterocycles. The Labute approximate surface area is 203 Å². The summed E-state index contributed by atoms with van der Waals surface area (Å²) >= 11 is 1.59. The smallest absolute Gasteiger partial charge is 0.243 e. The Bertz CT molecular complexity index is 911. The summed E-state index contributed by atoms with van der Waals surface area (Å²) in [6.45, 7) is 10.5. The highest BCUT2D eigenvalue weighted by molar-refractivity contribution is 7.99. The molecule has 2 atom stereocenters. The fourth-order valence-electron chi connectivity index (χ4n) is 3.82. The molecule has 0 bridgehead atoms. The Kier molecular flexibility index (Phi) is 10.8. The molecule has 0 heterocycles. The molecule has 0 radical (unpaired) electrons. The summed E-state index contributed by atoms with van der Waals surface area (Å²) in [7, 11) is 1.63. The number of amides is 2. The molecule has 0 saturated carbocycles. The summed E-state index contributed by atoms with van der Waals surface area (Å²) in [6, 6.07) is 13.7. The van der Waals surface area contributed by atoms with E-state index in [2.05, 4.69) is 37.4 Å². The van der Waals surface area contributed by atoms with Crippen molar-refractivity contribution < 1.29 is 14.3 Å². The fraction of sp³-hybridized carbons (Fsp3) is 0.481. The van der Waals surface area contributed by atoms with Gasteiger partial charge in [-0.15, -0.1) is 11.8 Å². The first kappa shape index (κ1) is 26.8. The van der Waals surface area contributed by atoms with Crippen molar-refractivity contribution in [3.05, 3.63) is 64.7 Å². The van der Waals surface area contributed by atoms with Gasteiger partial charge in [0.2, 0.25) is 11.8 Å². The Morgan fingerprint density at radius 3 is 2.33 bits per heavy atom. The van der Waals surface area contributed by atoms with E-state index in [4.69, 9.17) is 4.74 Å². The molecule has 180 valence electrons. The maximum Gasteiger partial charge on any atom is 0.243 e. The van der Waals surface area contributed by atoms with Gasteiger partial charge in [0.05, 0.1) is 12.9 Å². The van der Waals surface area contributed by atoms with Gasteiger partial charge in [-0.2, -0.15) is 0 Å². The molecule has 2 aromatic carbocycles. The minimum atomic E-state index is -0.514. The fourth-order valence-corrected chi connectivity index (χ4v) is 4.66. The first-order valence-corrected chi connectivity index (χ1v) is 12.8. The SMILES string of the molecule is CC[C@@H](C)NC(=O)[C@@H](CC)N(Cc1cccc(OC)c1)C(=O)CSCc1cc(C)cc(C)c1. The largest absolute Gasteiger partial charge is 0.497 e. The van der Waals surface area contributed by atoms with Crippen LogP contribution in [0.25, 0.3) is 0 Å². The zero-order valence-electron chi connectivity index (χ0n) is 20.8. The summed E-state index contributed by atoms with van der Waals surface area (Å²) in [6.07, 6.45) is 1.40. The van der Waals surface area contributed by atoms with Crippen LogP contribution in [-0.4, -0.2) is 41.7 Å². The predicted octanol–water partition coefficient (Wildman–Crippen LogP) is 5.27. The van der Waals surface area contributed by atoms with Crippen LogP contribution in [-0.2, 0) is 21.9 Å². The first-order chi connectivity index (χ1) is 15.8. The van der Waals surface area contributed by atoms with E-state index in [-0.39, 0.29) is 17.9 Å². The molecule has 6 heteroatoms. The van der Waals surface area contributed by atoms with Crippen LogP contribution < -0.4 is 10.1 Å². The van der Waals surface area contributed by atoms with Crippen molar-refractivity contribution in [2.45, 2.75) is 71.8 Å². The summed E-state index contributed by atoms with van der Waals surface area (Å²) < 4.78 is 5.34. The van der Waals surface area contributed by atoms with E-state index in [1.54, 1.807) is 23.8 Å². The van der Waals surface area contributed by atoms with E-state index in [9.17, 15) is 9.59 Å². The van der Waals surface area contributed by atoms with Crippen molar-refractivity contribution in [2.75, 3.05) is 12.9 Å². The molecule has 1 N–H and O–H groups in total. The number of rotatable bonds is 12. The lowest BCUT2D eigenvalue weighted by Gasteiger charge is -2.31. The van der Waals surface area contributed by atoms with E-state index in [0.717, 1.165) is 23.5 Å². The van der Waals surface area contributed by atoms with Crippen molar-refractivity contribution in [2.24, 2.45) is 0 Å². The first-order valence-electron chi connectivity index (χ1n) is 11.6. The van der Waals surface area contributed by atoms with Crippen LogP contribution in [0, 0.1) is 13.8 Å². The van der Waals surface area contributed by atoms with Crippen LogP contribution >= 0.6 is 11.8 Å². The standard InChI is InChI=1S/C27H38N2O3S/c1-7-21(5)28-27(31)25(8-2)29(16-22-10-9-11-24(15-22)32-6)26(30)18-33-17-23-13-19(3)12-20(4)14-23/h9-15,21,25H,7-8,16-18H2,1-6H3,(H,28,31)/t21-,25-/m1/s1. The third-order valence-electron chi connectivity index (χ3n) is 5.65. The van der Waals surface area contributed by atoms with Gasteiger partial charge < -0.3 is 15.0 Å². The van der Waals surface area contributed by atoms with E-state index < -0.39 is 6.04 Å². The Morgan fingerprint density at radius 2 is 1.73 bits per heavy atom. The number of nitrogens with one attached hydrogen (secondary N) is 1. The van der Waals surface area contributed by atoms with Gasteiger partial charge in [0.15, 0.2) is 0 Å². The second-order valence-electron chi connectivity index (χ2n) is 8.60. The lowest BCUT2D eigenvalue weighted by atomic mass is 10.1. The van der Waals surface area contributed by atoms with Crippen molar-refractivity contribution in [3.63, 3.8) is 0 Å². The van der Waals surface area contributed by atoms with Gasteiger partial charge in [-0.3, -0.25) is 9.59 Å². The van der Waals surface area contributed by atoms with Crippen LogP contribution in [0.3, 0.4) is 0 Å². The van der Waals surface area contributed by atoms with E-state index in [1.165, 1.54) is 16.7 Å². The monoisotopic (exact) mass is 470 g/mol. The summed E-state index contributed by atoms with van der Waals surface area (Å²) in [4.78, 5) is 28.1. The van der Waals surface area contributed by atoms with Crippen LogP contribution in [0.5, 0.6) is 5.75 Å². The highest BCUT2D eigenvalue weighted by atomic mass is 32.2. The average molecular weight is 471 g/mol. The molecule has 5 nitrogen and oxygen atoms in total. The van der Waals surface area contributed by atoms with Gasteiger partial charge in [0.1, 0.15) is 11.8 Å². The number of hydrogen-bond acceptors (Lipinski definition) is 4. The van der Waals surface area contributed by atoms with E-state index in [0.29, 0.717) is 18.7 Å². The van der Waals surface area contributed by atoms with Crippen molar-refractivity contribution in [3.8, 4) is 5.75 Å². The summed E-state index contributed by atoms with van der Waals surface area (Å²) in [5.74, 6) is 1.70. The number of methoxy groups -OCH3 is 1. The average Bonchev–Trinajstić information content (AvgIpc) is 2.78. The van der Waals surface area contributed by atoms with Crippen molar-refractivity contribution >= 4 is 23.6 Å². The third kappa shape index (κ3) is 8.43. The molecule has 33 heavy (non-hydrogen) atoms. The third-order valence-corrected chi connectivity index (χ3v) is 6.64. The maximum absolute atomic E-state index is 13.4. The van der Waals surface area contributed by atoms with Gasteiger partial charge >= 0.3 is 0 Å². The molecule has 0 aromatic heterocycles. The molecule has 0 spiro atoms. The van der Waals surface area contributed by atoms with Gasteiger partial charge in [-0.25, -0.2) is 0 Å². The molecule has 2 rings (SSSR count). The van der Waals surface area contributed by atoms with Crippen molar-refractivity contribution in [1.82, 2.24) is 10.2 Å². The van der Waals surface area contributed by atoms with E-state index >= 15 is 0 Å². The minimum absolute atomic E-state index is 0.0293. The van der Waals surface area contributed by atoms with Gasteiger partial charge in [0.25, 0.3) is 0 Å². The topological polar surface area (TPSA) is 58.6 Å². The molecule has 2 aromatic rings. The summed E-state index contributed by atoms with van der Waals surface area (Å²) in [5.41, 5.74) is 4.61. The number of nitrogens with zero attached hydrogens (tertiary/aromatic N) is 1. The number of aryl methyl sites for hydroxylation is 2. The Morgan fingerprint density at radius 1 is 1.03 bits per heavy atom. The predicted molar refractivity (Wildman–Crippen MR) is 138 cm³/mol. The zero-order valence-corrected chi connectivity index (χ0v) is 21.6. The van der Waals surface area contributed by atoms with Gasteiger partial charge in [-0.1, -0.05) is 55.3 Å². The van der Waals surface area contributed by atoms with Crippen LogP contribution in [0.4, 0.5) is 0 Å². The molecule has 0 fully saturated rings. The number of hydrogen-bond donors (Lipinski definition) is 1. The molecular formula is C27H38N2O3S. The molecule has 0 aliphatic rings. The Balaban J connectivity index is 2.18. The number of carbonyl (C=O) groups excluding carboxylic acids is 2. The summed E-state index contributed by atoms with van der Waals surface area (Å²) in [5, 5.41) is 3.05. The lowest BCUT2D eigenvalue weighted by molar-refractivity contribution is -0.139. The molecule has 2 amide bonds. The van der Waals surface area contributed by atoms with Gasteiger partial charge in [0, 0.05) is 18.3 Å².